The van der Waals surface area contributed by atoms with E-state index in [1.165, 1.54) is 11.1 Å². The molecule has 1 unspecified atom stereocenters. The number of nitrogens with two attached hydrogens (primary N) is 1. The van der Waals surface area contributed by atoms with Crippen molar-refractivity contribution in [3.8, 4) is 0 Å². The molecule has 1 aromatic carbocycles. The SMILES string of the molecule is CCCOCC(N)Cc1ccc(C(C)C)cc1. The van der Waals surface area contributed by atoms with Gasteiger partial charge in [-0.15, -0.1) is 0 Å². The predicted octanol–water partition coefficient (Wildman–Crippen LogP) is 3.11. The molecule has 0 saturated heterocycles. The molecule has 0 aromatic heterocycles. The summed E-state index contributed by atoms with van der Waals surface area (Å²) >= 11 is 0. The van der Waals surface area contributed by atoms with Gasteiger partial charge in [-0.3, -0.25) is 0 Å². The molecule has 0 saturated carbocycles. The normalized spacial score (nSPS) is 13.0. The largest absolute Gasteiger partial charge is 0.380 e. The fraction of sp³-hybridized carbons (Fsp3) is 0.600. The zero-order chi connectivity index (χ0) is 12.7. The number of benzene rings is 1. The summed E-state index contributed by atoms with van der Waals surface area (Å²) in [5.74, 6) is 0.589. The first-order chi connectivity index (χ1) is 8.13. The van der Waals surface area contributed by atoms with Crippen molar-refractivity contribution in [2.24, 2.45) is 5.73 Å². The molecule has 1 atom stereocenters. The lowest BCUT2D eigenvalue weighted by molar-refractivity contribution is 0.121. The minimum Gasteiger partial charge on any atom is -0.380 e. The van der Waals surface area contributed by atoms with Gasteiger partial charge in [-0.2, -0.15) is 0 Å². The summed E-state index contributed by atoms with van der Waals surface area (Å²) in [6, 6.07) is 8.84. The standard InChI is InChI=1S/C15H25NO/c1-4-9-17-11-15(16)10-13-5-7-14(8-6-13)12(2)3/h5-8,12,15H,4,9-11,16H2,1-3H3. The Bertz CT molecular complexity index is 305. The van der Waals surface area contributed by atoms with E-state index in [0.717, 1.165) is 19.4 Å². The lowest BCUT2D eigenvalue weighted by Crippen LogP contribution is -2.28. The third-order valence-electron chi connectivity index (χ3n) is 2.82. The molecular weight excluding hydrogens is 210 g/mol. The van der Waals surface area contributed by atoms with Crippen LogP contribution in [-0.4, -0.2) is 19.3 Å². The monoisotopic (exact) mass is 235 g/mol. The Labute approximate surface area is 105 Å². The van der Waals surface area contributed by atoms with Crippen molar-refractivity contribution < 1.29 is 4.74 Å². The van der Waals surface area contributed by atoms with Crippen molar-refractivity contribution in [3.05, 3.63) is 35.4 Å². The molecule has 17 heavy (non-hydrogen) atoms. The van der Waals surface area contributed by atoms with E-state index in [4.69, 9.17) is 10.5 Å². The summed E-state index contributed by atoms with van der Waals surface area (Å²) in [7, 11) is 0. The van der Waals surface area contributed by atoms with Gasteiger partial charge in [0.15, 0.2) is 0 Å². The number of ether oxygens (including phenoxy) is 1. The van der Waals surface area contributed by atoms with Gasteiger partial charge in [0.2, 0.25) is 0 Å². The summed E-state index contributed by atoms with van der Waals surface area (Å²) in [6.45, 7) is 7.98. The van der Waals surface area contributed by atoms with E-state index >= 15 is 0 Å². The summed E-state index contributed by atoms with van der Waals surface area (Å²) in [6.07, 6.45) is 1.94. The number of hydrogen-bond acceptors (Lipinski definition) is 2. The minimum absolute atomic E-state index is 0.103. The summed E-state index contributed by atoms with van der Waals surface area (Å²) in [5.41, 5.74) is 8.69. The van der Waals surface area contributed by atoms with Crippen molar-refractivity contribution >= 4 is 0 Å². The van der Waals surface area contributed by atoms with Crippen LogP contribution in [0.5, 0.6) is 0 Å². The van der Waals surface area contributed by atoms with Gasteiger partial charge in [0.1, 0.15) is 0 Å². The second-order valence-corrected chi connectivity index (χ2v) is 4.94. The van der Waals surface area contributed by atoms with Crippen LogP contribution in [-0.2, 0) is 11.2 Å². The first-order valence-electron chi connectivity index (χ1n) is 6.55. The first-order valence-corrected chi connectivity index (χ1v) is 6.55. The molecule has 0 fully saturated rings. The highest BCUT2D eigenvalue weighted by molar-refractivity contribution is 5.25. The highest BCUT2D eigenvalue weighted by Crippen LogP contribution is 2.15. The molecule has 2 N–H and O–H groups in total. The molecule has 0 spiro atoms. The highest BCUT2D eigenvalue weighted by Gasteiger charge is 2.05. The second kappa shape index (κ2) is 7.46. The van der Waals surface area contributed by atoms with Gasteiger partial charge < -0.3 is 10.5 Å². The molecule has 2 heteroatoms. The van der Waals surface area contributed by atoms with E-state index in [2.05, 4.69) is 45.0 Å². The minimum atomic E-state index is 0.103. The van der Waals surface area contributed by atoms with Crippen LogP contribution in [0.4, 0.5) is 0 Å². The maximum Gasteiger partial charge on any atom is 0.0620 e. The molecule has 0 aliphatic rings. The van der Waals surface area contributed by atoms with Crippen LogP contribution in [0.25, 0.3) is 0 Å². The van der Waals surface area contributed by atoms with Gasteiger partial charge in [-0.1, -0.05) is 45.0 Å². The molecule has 0 aliphatic carbocycles. The molecule has 96 valence electrons. The average Bonchev–Trinajstić information content (AvgIpc) is 2.30. The van der Waals surface area contributed by atoms with E-state index in [1.807, 2.05) is 0 Å². The topological polar surface area (TPSA) is 35.2 Å². The molecule has 1 rings (SSSR count). The molecule has 0 bridgehead atoms. The zero-order valence-corrected chi connectivity index (χ0v) is 11.3. The van der Waals surface area contributed by atoms with Gasteiger partial charge in [-0.25, -0.2) is 0 Å². The van der Waals surface area contributed by atoms with Crippen molar-refractivity contribution in [1.82, 2.24) is 0 Å². The third-order valence-corrected chi connectivity index (χ3v) is 2.82. The van der Waals surface area contributed by atoms with Crippen molar-refractivity contribution in [1.29, 1.82) is 0 Å². The maximum absolute atomic E-state index is 6.02. The van der Waals surface area contributed by atoms with Gasteiger partial charge in [-0.05, 0) is 29.9 Å². The zero-order valence-electron chi connectivity index (χ0n) is 11.3. The second-order valence-electron chi connectivity index (χ2n) is 4.94. The lowest BCUT2D eigenvalue weighted by Gasteiger charge is -2.13. The van der Waals surface area contributed by atoms with Gasteiger partial charge in [0.25, 0.3) is 0 Å². The van der Waals surface area contributed by atoms with E-state index in [9.17, 15) is 0 Å². The van der Waals surface area contributed by atoms with Crippen molar-refractivity contribution in [2.75, 3.05) is 13.2 Å². The summed E-state index contributed by atoms with van der Waals surface area (Å²) in [5, 5.41) is 0. The fourth-order valence-corrected chi connectivity index (χ4v) is 1.78. The molecular formula is C15H25NO. The summed E-state index contributed by atoms with van der Waals surface area (Å²) < 4.78 is 5.45. The fourth-order valence-electron chi connectivity index (χ4n) is 1.78. The van der Waals surface area contributed by atoms with Crippen LogP contribution < -0.4 is 5.73 Å². The Morgan fingerprint density at radius 2 is 1.82 bits per heavy atom. The molecule has 0 radical (unpaired) electrons. The average molecular weight is 235 g/mol. The Morgan fingerprint density at radius 1 is 1.18 bits per heavy atom. The molecule has 1 aromatic rings. The smallest absolute Gasteiger partial charge is 0.0620 e. The lowest BCUT2D eigenvalue weighted by atomic mass is 9.99. The van der Waals surface area contributed by atoms with E-state index in [-0.39, 0.29) is 6.04 Å². The van der Waals surface area contributed by atoms with Crippen LogP contribution in [0.2, 0.25) is 0 Å². The first kappa shape index (κ1) is 14.2. The number of rotatable bonds is 7. The van der Waals surface area contributed by atoms with Gasteiger partial charge >= 0.3 is 0 Å². The third kappa shape index (κ3) is 5.33. The predicted molar refractivity (Wildman–Crippen MR) is 73.3 cm³/mol. The van der Waals surface area contributed by atoms with Gasteiger partial charge in [0.05, 0.1) is 6.61 Å². The molecule has 0 amide bonds. The Hall–Kier alpha value is -0.860. The van der Waals surface area contributed by atoms with Crippen LogP contribution >= 0.6 is 0 Å². The molecule has 0 heterocycles. The molecule has 2 nitrogen and oxygen atoms in total. The van der Waals surface area contributed by atoms with Crippen LogP contribution in [0, 0.1) is 0 Å². The van der Waals surface area contributed by atoms with E-state index < -0.39 is 0 Å². The van der Waals surface area contributed by atoms with Crippen LogP contribution in [0.15, 0.2) is 24.3 Å². The Morgan fingerprint density at radius 3 is 2.35 bits per heavy atom. The van der Waals surface area contributed by atoms with E-state index in [0.29, 0.717) is 12.5 Å². The maximum atomic E-state index is 6.02. The number of hydrogen-bond donors (Lipinski definition) is 1. The Kier molecular flexibility index (Phi) is 6.23. The summed E-state index contributed by atoms with van der Waals surface area (Å²) in [4.78, 5) is 0. The van der Waals surface area contributed by atoms with Crippen LogP contribution in [0.1, 0.15) is 44.2 Å². The van der Waals surface area contributed by atoms with Crippen molar-refractivity contribution in [2.45, 2.75) is 45.6 Å². The van der Waals surface area contributed by atoms with Crippen LogP contribution in [0.3, 0.4) is 0 Å². The highest BCUT2D eigenvalue weighted by atomic mass is 16.5. The Balaban J connectivity index is 2.40. The molecule has 0 aliphatic heterocycles. The van der Waals surface area contributed by atoms with E-state index in [1.54, 1.807) is 0 Å². The van der Waals surface area contributed by atoms with Crippen molar-refractivity contribution in [3.63, 3.8) is 0 Å². The quantitative estimate of drug-likeness (QED) is 0.737. The van der Waals surface area contributed by atoms with Gasteiger partial charge in [0, 0.05) is 12.6 Å².